The molecule has 0 amide bonds. The van der Waals surface area contributed by atoms with E-state index in [0.29, 0.717) is 5.78 Å². The lowest BCUT2D eigenvalue weighted by Gasteiger charge is -2.37. The van der Waals surface area contributed by atoms with E-state index in [0.717, 1.165) is 64.1 Å². The van der Waals surface area contributed by atoms with Crippen molar-refractivity contribution in [1.29, 1.82) is 0 Å². The number of carbonyl (C=O) groups excluding carboxylic acids is 1. The molecule has 1 aromatic carbocycles. The Bertz CT molecular complexity index is 551. The van der Waals surface area contributed by atoms with Crippen LogP contribution in [0.3, 0.4) is 0 Å². The maximum absolute atomic E-state index is 12.4. The van der Waals surface area contributed by atoms with Gasteiger partial charge in [-0.05, 0) is 18.4 Å². The molecule has 2 saturated heterocycles. The Morgan fingerprint density at radius 2 is 1.82 bits per heavy atom. The minimum absolute atomic E-state index is 0.283. The summed E-state index contributed by atoms with van der Waals surface area (Å²) in [6, 6.07) is 8.10. The summed E-state index contributed by atoms with van der Waals surface area (Å²) in [5.41, 5.74) is 2.10. The number of hydrogen-bond donors (Lipinski definition) is 0. The summed E-state index contributed by atoms with van der Waals surface area (Å²) in [4.78, 5) is 14.8. The number of rotatable bonds is 4. The maximum atomic E-state index is 12.4. The van der Waals surface area contributed by atoms with E-state index in [4.69, 9.17) is 9.47 Å². The first-order valence-electron chi connectivity index (χ1n) is 8.38. The molecule has 2 heterocycles. The Kier molecular flexibility index (Phi) is 3.76. The molecular formula is C18H23NO3. The number of Topliss-reactive ketones (excluding diaryl/α,β-unsaturated/α-hetero) is 1. The van der Waals surface area contributed by atoms with Crippen molar-refractivity contribution in [3.8, 4) is 0 Å². The van der Waals surface area contributed by atoms with Crippen LogP contribution in [0.4, 0.5) is 0 Å². The first-order valence-corrected chi connectivity index (χ1v) is 8.38. The molecule has 0 bridgehead atoms. The van der Waals surface area contributed by atoms with Crippen LogP contribution in [0.25, 0.3) is 0 Å². The van der Waals surface area contributed by atoms with Gasteiger partial charge in [0.05, 0.1) is 13.2 Å². The zero-order valence-corrected chi connectivity index (χ0v) is 12.9. The minimum atomic E-state index is -0.320. The second-order valence-corrected chi connectivity index (χ2v) is 6.68. The van der Waals surface area contributed by atoms with E-state index >= 15 is 0 Å². The van der Waals surface area contributed by atoms with Gasteiger partial charge < -0.3 is 9.47 Å². The molecule has 2 aliphatic heterocycles. The van der Waals surface area contributed by atoms with E-state index in [1.54, 1.807) is 0 Å². The summed E-state index contributed by atoms with van der Waals surface area (Å²) < 4.78 is 11.6. The molecule has 4 rings (SSSR count). The minimum Gasteiger partial charge on any atom is -0.347 e. The lowest BCUT2D eigenvalue weighted by atomic mass is 9.98. The van der Waals surface area contributed by atoms with Crippen molar-refractivity contribution >= 4 is 5.78 Å². The number of piperidine rings is 1. The Morgan fingerprint density at radius 1 is 1.14 bits per heavy atom. The third-order valence-corrected chi connectivity index (χ3v) is 5.06. The van der Waals surface area contributed by atoms with Gasteiger partial charge in [0.2, 0.25) is 0 Å². The lowest BCUT2D eigenvalue weighted by Crippen LogP contribution is -2.44. The Hall–Kier alpha value is -1.23. The largest absolute Gasteiger partial charge is 0.347 e. The molecule has 118 valence electrons. The van der Waals surface area contributed by atoms with Gasteiger partial charge in [0, 0.05) is 44.0 Å². The summed E-state index contributed by atoms with van der Waals surface area (Å²) in [7, 11) is 0. The molecule has 0 aromatic heterocycles. The SMILES string of the molecule is O=C(c1ccccc1CN1CCC2(CC1)OCCO2)C1CC1. The molecule has 3 fully saturated rings. The van der Waals surface area contributed by atoms with Crippen molar-refractivity contribution in [3.05, 3.63) is 35.4 Å². The van der Waals surface area contributed by atoms with Crippen LogP contribution in [-0.4, -0.2) is 42.8 Å². The topological polar surface area (TPSA) is 38.8 Å². The van der Waals surface area contributed by atoms with E-state index < -0.39 is 0 Å². The highest BCUT2D eigenvalue weighted by molar-refractivity contribution is 6.00. The zero-order chi connectivity index (χ0) is 15.0. The first kappa shape index (κ1) is 14.4. The standard InChI is InChI=1S/C18H23NO3/c20-17(14-5-6-14)16-4-2-1-3-15(16)13-19-9-7-18(8-10-19)21-11-12-22-18/h1-4,14H,5-13H2. The van der Waals surface area contributed by atoms with Gasteiger partial charge in [0.25, 0.3) is 0 Å². The molecule has 1 aliphatic carbocycles. The van der Waals surface area contributed by atoms with Crippen LogP contribution in [0.2, 0.25) is 0 Å². The van der Waals surface area contributed by atoms with E-state index in [1.165, 1.54) is 5.56 Å². The van der Waals surface area contributed by atoms with Gasteiger partial charge in [0.15, 0.2) is 11.6 Å². The van der Waals surface area contributed by atoms with Crippen LogP contribution in [0, 0.1) is 5.92 Å². The molecule has 3 aliphatic rings. The van der Waals surface area contributed by atoms with Crippen molar-refractivity contribution in [3.63, 3.8) is 0 Å². The summed E-state index contributed by atoms with van der Waals surface area (Å²) in [5.74, 6) is 0.303. The van der Waals surface area contributed by atoms with Crippen LogP contribution in [0.1, 0.15) is 41.6 Å². The first-order chi connectivity index (χ1) is 10.8. The third-order valence-electron chi connectivity index (χ3n) is 5.06. The molecule has 4 heteroatoms. The average Bonchev–Trinajstić information content (AvgIpc) is 3.31. The lowest BCUT2D eigenvalue weighted by molar-refractivity contribution is -0.185. The second kappa shape index (κ2) is 5.76. The second-order valence-electron chi connectivity index (χ2n) is 6.68. The van der Waals surface area contributed by atoms with E-state index in [2.05, 4.69) is 11.0 Å². The number of benzene rings is 1. The molecule has 0 atom stereocenters. The zero-order valence-electron chi connectivity index (χ0n) is 12.9. The fourth-order valence-corrected chi connectivity index (χ4v) is 3.54. The Labute approximate surface area is 131 Å². The molecule has 0 unspecified atom stereocenters. The van der Waals surface area contributed by atoms with E-state index in [1.807, 2.05) is 18.2 Å². The summed E-state index contributed by atoms with van der Waals surface area (Å²) in [5, 5.41) is 0. The van der Waals surface area contributed by atoms with Crippen molar-refractivity contribution < 1.29 is 14.3 Å². The molecule has 1 spiro atoms. The number of hydrogen-bond acceptors (Lipinski definition) is 4. The predicted molar refractivity (Wildman–Crippen MR) is 82.6 cm³/mol. The molecular weight excluding hydrogens is 278 g/mol. The van der Waals surface area contributed by atoms with Crippen molar-refractivity contribution in [1.82, 2.24) is 4.90 Å². The number of nitrogens with zero attached hydrogens (tertiary/aromatic N) is 1. The maximum Gasteiger partial charge on any atom is 0.170 e. The summed E-state index contributed by atoms with van der Waals surface area (Å²) in [6.45, 7) is 4.22. The van der Waals surface area contributed by atoms with Crippen molar-refractivity contribution in [2.24, 2.45) is 5.92 Å². The number of ketones is 1. The van der Waals surface area contributed by atoms with Gasteiger partial charge in [-0.25, -0.2) is 0 Å². The van der Waals surface area contributed by atoms with Crippen molar-refractivity contribution in [2.45, 2.75) is 38.0 Å². The molecule has 0 N–H and O–H groups in total. The van der Waals surface area contributed by atoms with Gasteiger partial charge in [-0.1, -0.05) is 24.3 Å². The molecule has 22 heavy (non-hydrogen) atoms. The third kappa shape index (κ3) is 2.83. The molecule has 0 radical (unpaired) electrons. The highest BCUT2D eigenvalue weighted by atomic mass is 16.7. The predicted octanol–water partition coefficient (Wildman–Crippen LogP) is 2.62. The number of ether oxygens (including phenoxy) is 2. The van der Waals surface area contributed by atoms with Crippen LogP contribution in [0.5, 0.6) is 0 Å². The molecule has 1 saturated carbocycles. The average molecular weight is 301 g/mol. The molecule has 1 aromatic rings. The van der Waals surface area contributed by atoms with Gasteiger partial charge >= 0.3 is 0 Å². The molecule has 4 nitrogen and oxygen atoms in total. The quantitative estimate of drug-likeness (QED) is 0.801. The Balaban J connectivity index is 1.42. The highest BCUT2D eigenvalue weighted by Gasteiger charge is 2.40. The summed E-state index contributed by atoms with van der Waals surface area (Å²) >= 11 is 0. The summed E-state index contributed by atoms with van der Waals surface area (Å²) in [6.07, 6.45) is 3.97. The smallest absolute Gasteiger partial charge is 0.170 e. The van der Waals surface area contributed by atoms with Crippen LogP contribution in [-0.2, 0) is 16.0 Å². The van der Waals surface area contributed by atoms with Crippen LogP contribution in [0.15, 0.2) is 24.3 Å². The van der Waals surface area contributed by atoms with Gasteiger partial charge in [-0.15, -0.1) is 0 Å². The number of likely N-dealkylation sites (tertiary alicyclic amines) is 1. The van der Waals surface area contributed by atoms with Crippen LogP contribution < -0.4 is 0 Å². The van der Waals surface area contributed by atoms with Crippen molar-refractivity contribution in [2.75, 3.05) is 26.3 Å². The van der Waals surface area contributed by atoms with Crippen LogP contribution >= 0.6 is 0 Å². The normalized spacial score (nSPS) is 24.7. The van der Waals surface area contributed by atoms with Gasteiger partial charge in [0.1, 0.15) is 0 Å². The monoisotopic (exact) mass is 301 g/mol. The van der Waals surface area contributed by atoms with Gasteiger partial charge in [-0.3, -0.25) is 9.69 Å². The fourth-order valence-electron chi connectivity index (χ4n) is 3.54. The van der Waals surface area contributed by atoms with Gasteiger partial charge in [-0.2, -0.15) is 0 Å². The number of carbonyl (C=O) groups is 1. The fraction of sp³-hybridized carbons (Fsp3) is 0.611. The van der Waals surface area contributed by atoms with E-state index in [9.17, 15) is 4.79 Å². The highest BCUT2D eigenvalue weighted by Crippen LogP contribution is 2.35. The van der Waals surface area contributed by atoms with E-state index in [-0.39, 0.29) is 11.7 Å². The Morgan fingerprint density at radius 3 is 2.50 bits per heavy atom.